The molecule has 0 aliphatic heterocycles. The van der Waals surface area contributed by atoms with E-state index in [-0.39, 0.29) is 18.5 Å². The molecule has 1 unspecified atom stereocenters. The molecule has 0 heterocycles. The molecule has 0 spiro atoms. The molecule has 114 valence electrons. The molecular weight excluding hydrogens is 286 g/mol. The second kappa shape index (κ2) is 6.52. The third-order valence-electron chi connectivity index (χ3n) is 3.82. The molecule has 1 N–H and O–H groups in total. The highest BCUT2D eigenvalue weighted by Crippen LogP contribution is 2.30. The molecule has 1 aromatic rings. The van der Waals surface area contributed by atoms with E-state index in [0.717, 1.165) is 23.3 Å². The number of carboxylic acid groups (broad SMARTS) is 1. The molecule has 0 radical (unpaired) electrons. The molecular formula is C16H21NO3S. The van der Waals surface area contributed by atoms with Gasteiger partial charge in [-0.25, -0.2) is 0 Å². The standard InChI is InChI=1S/C16H21NO3S/c1-10-4-7-13(21-3)8-14(10)15(18)17(12-5-6-12)9-11(2)16(19)20/h4,7-8,11-12H,5-6,9H2,1-3H3,(H,19,20). The molecule has 0 aromatic heterocycles. The molecule has 1 aromatic carbocycles. The van der Waals surface area contributed by atoms with E-state index in [1.807, 2.05) is 31.4 Å². The van der Waals surface area contributed by atoms with Gasteiger partial charge in [0.1, 0.15) is 0 Å². The number of benzene rings is 1. The Morgan fingerprint density at radius 2 is 2.10 bits per heavy atom. The van der Waals surface area contributed by atoms with Gasteiger partial charge in [-0.3, -0.25) is 9.59 Å². The topological polar surface area (TPSA) is 57.6 Å². The van der Waals surface area contributed by atoms with E-state index < -0.39 is 11.9 Å². The molecule has 21 heavy (non-hydrogen) atoms. The lowest BCUT2D eigenvalue weighted by Gasteiger charge is -2.25. The average Bonchev–Trinajstić information content (AvgIpc) is 3.28. The van der Waals surface area contributed by atoms with Gasteiger partial charge < -0.3 is 10.0 Å². The largest absolute Gasteiger partial charge is 0.481 e. The third kappa shape index (κ3) is 3.79. The number of amides is 1. The van der Waals surface area contributed by atoms with Crippen LogP contribution in [-0.4, -0.2) is 40.7 Å². The molecule has 4 nitrogen and oxygen atoms in total. The molecule has 0 bridgehead atoms. The Balaban J connectivity index is 2.24. The van der Waals surface area contributed by atoms with Gasteiger partial charge in [-0.2, -0.15) is 0 Å². The second-order valence-corrected chi connectivity index (χ2v) is 6.49. The lowest BCUT2D eigenvalue weighted by molar-refractivity contribution is -0.141. The van der Waals surface area contributed by atoms with Crippen molar-refractivity contribution in [2.24, 2.45) is 5.92 Å². The normalized spacial score (nSPS) is 15.6. The summed E-state index contributed by atoms with van der Waals surface area (Å²) in [5, 5.41) is 9.08. The zero-order valence-electron chi connectivity index (χ0n) is 12.6. The smallest absolute Gasteiger partial charge is 0.308 e. The molecule has 1 amide bonds. The molecule has 2 rings (SSSR count). The van der Waals surface area contributed by atoms with Gasteiger partial charge in [0.15, 0.2) is 0 Å². The summed E-state index contributed by atoms with van der Waals surface area (Å²) in [6.07, 6.45) is 3.92. The van der Waals surface area contributed by atoms with E-state index in [1.54, 1.807) is 23.6 Å². The van der Waals surface area contributed by atoms with Crippen molar-refractivity contribution in [2.75, 3.05) is 12.8 Å². The minimum absolute atomic E-state index is 0.0426. The van der Waals surface area contributed by atoms with Crippen molar-refractivity contribution in [3.8, 4) is 0 Å². The quantitative estimate of drug-likeness (QED) is 0.821. The molecule has 1 aliphatic rings. The van der Waals surface area contributed by atoms with Crippen molar-refractivity contribution in [3.05, 3.63) is 29.3 Å². The minimum atomic E-state index is -0.858. The van der Waals surface area contributed by atoms with Crippen molar-refractivity contribution >= 4 is 23.6 Å². The summed E-state index contributed by atoms with van der Waals surface area (Å²) in [5.74, 6) is -1.44. The van der Waals surface area contributed by atoms with E-state index >= 15 is 0 Å². The first kappa shape index (κ1) is 15.9. The fourth-order valence-electron chi connectivity index (χ4n) is 2.27. The number of nitrogens with zero attached hydrogens (tertiary/aromatic N) is 1. The van der Waals surface area contributed by atoms with Gasteiger partial charge in [0.2, 0.25) is 0 Å². The molecule has 5 heteroatoms. The Labute approximate surface area is 129 Å². The maximum absolute atomic E-state index is 12.8. The van der Waals surface area contributed by atoms with E-state index in [1.165, 1.54) is 0 Å². The number of carboxylic acids is 1. The van der Waals surface area contributed by atoms with E-state index in [2.05, 4.69) is 0 Å². The molecule has 1 aliphatic carbocycles. The van der Waals surface area contributed by atoms with Crippen molar-refractivity contribution in [1.29, 1.82) is 0 Å². The van der Waals surface area contributed by atoms with Crippen LogP contribution < -0.4 is 0 Å². The van der Waals surface area contributed by atoms with Crippen LogP contribution in [0.15, 0.2) is 23.1 Å². The summed E-state index contributed by atoms with van der Waals surface area (Å²) in [5.41, 5.74) is 1.62. The van der Waals surface area contributed by atoms with E-state index in [9.17, 15) is 9.59 Å². The first-order valence-electron chi connectivity index (χ1n) is 7.12. The molecule has 1 atom stereocenters. The van der Waals surface area contributed by atoms with Crippen molar-refractivity contribution < 1.29 is 14.7 Å². The summed E-state index contributed by atoms with van der Waals surface area (Å²) in [6.45, 7) is 3.85. The SMILES string of the molecule is CSc1ccc(C)c(C(=O)N(CC(C)C(=O)O)C2CC2)c1. The molecule has 0 saturated heterocycles. The van der Waals surface area contributed by atoms with Crippen molar-refractivity contribution in [2.45, 2.75) is 37.6 Å². The van der Waals surface area contributed by atoms with Gasteiger partial charge in [-0.05, 0) is 43.7 Å². The second-order valence-electron chi connectivity index (χ2n) is 5.61. The Kier molecular flexibility index (Phi) is 4.93. The van der Waals surface area contributed by atoms with Crippen LogP contribution in [0.1, 0.15) is 35.7 Å². The van der Waals surface area contributed by atoms with Gasteiger partial charge in [0.25, 0.3) is 5.91 Å². The predicted octanol–water partition coefficient (Wildman–Crippen LogP) is 3.04. The van der Waals surface area contributed by atoms with Gasteiger partial charge in [0.05, 0.1) is 5.92 Å². The van der Waals surface area contributed by atoms with Crippen LogP contribution in [0.4, 0.5) is 0 Å². The molecule has 1 saturated carbocycles. The number of carbonyl (C=O) groups is 2. The van der Waals surface area contributed by atoms with E-state index in [4.69, 9.17) is 5.11 Å². The summed E-state index contributed by atoms with van der Waals surface area (Å²) in [6, 6.07) is 6.06. The Morgan fingerprint density at radius 3 is 2.62 bits per heavy atom. The number of carbonyl (C=O) groups excluding carboxylic acids is 1. The van der Waals surface area contributed by atoms with Gasteiger partial charge >= 0.3 is 5.97 Å². The van der Waals surface area contributed by atoms with Crippen molar-refractivity contribution in [3.63, 3.8) is 0 Å². The number of hydrogen-bond acceptors (Lipinski definition) is 3. The zero-order valence-corrected chi connectivity index (χ0v) is 13.4. The first-order valence-corrected chi connectivity index (χ1v) is 8.35. The highest BCUT2D eigenvalue weighted by atomic mass is 32.2. The van der Waals surface area contributed by atoms with Crippen LogP contribution in [0.2, 0.25) is 0 Å². The number of thioether (sulfide) groups is 1. The molecule has 1 fully saturated rings. The Hall–Kier alpha value is -1.49. The fraction of sp³-hybridized carbons (Fsp3) is 0.500. The fourth-order valence-corrected chi connectivity index (χ4v) is 2.71. The maximum Gasteiger partial charge on any atom is 0.308 e. The van der Waals surface area contributed by atoms with Crippen LogP contribution in [0.3, 0.4) is 0 Å². The van der Waals surface area contributed by atoms with Crippen LogP contribution in [-0.2, 0) is 4.79 Å². The first-order chi connectivity index (χ1) is 9.93. The van der Waals surface area contributed by atoms with Crippen molar-refractivity contribution in [1.82, 2.24) is 4.90 Å². The average molecular weight is 307 g/mol. The highest BCUT2D eigenvalue weighted by Gasteiger charge is 2.35. The number of hydrogen-bond donors (Lipinski definition) is 1. The zero-order chi connectivity index (χ0) is 15.6. The Morgan fingerprint density at radius 1 is 1.43 bits per heavy atom. The van der Waals surface area contributed by atoms with Crippen LogP contribution in [0.5, 0.6) is 0 Å². The third-order valence-corrected chi connectivity index (χ3v) is 4.54. The Bertz CT molecular complexity index is 554. The predicted molar refractivity (Wildman–Crippen MR) is 83.8 cm³/mol. The monoisotopic (exact) mass is 307 g/mol. The number of aryl methyl sites for hydroxylation is 1. The highest BCUT2D eigenvalue weighted by molar-refractivity contribution is 7.98. The summed E-state index contributed by atoms with van der Waals surface area (Å²) in [4.78, 5) is 26.6. The summed E-state index contributed by atoms with van der Waals surface area (Å²) in [7, 11) is 0. The number of rotatable bonds is 6. The van der Waals surface area contributed by atoms with Crippen LogP contribution >= 0.6 is 11.8 Å². The van der Waals surface area contributed by atoms with Crippen LogP contribution in [0.25, 0.3) is 0 Å². The van der Waals surface area contributed by atoms with E-state index in [0.29, 0.717) is 5.56 Å². The van der Waals surface area contributed by atoms with Gasteiger partial charge in [-0.15, -0.1) is 11.8 Å². The summed E-state index contributed by atoms with van der Waals surface area (Å²) >= 11 is 1.60. The van der Waals surface area contributed by atoms with Crippen LogP contribution in [0, 0.1) is 12.8 Å². The minimum Gasteiger partial charge on any atom is -0.481 e. The lowest BCUT2D eigenvalue weighted by Crippen LogP contribution is -2.38. The summed E-state index contributed by atoms with van der Waals surface area (Å²) < 4.78 is 0. The van der Waals surface area contributed by atoms with Gasteiger partial charge in [0, 0.05) is 23.0 Å². The van der Waals surface area contributed by atoms with Gasteiger partial charge in [-0.1, -0.05) is 13.0 Å². The maximum atomic E-state index is 12.8. The number of aliphatic carboxylic acids is 1. The lowest BCUT2D eigenvalue weighted by atomic mass is 10.1.